The van der Waals surface area contributed by atoms with Gasteiger partial charge in [-0.05, 0) is 35.4 Å². The maximum atomic E-state index is 8.80. The van der Waals surface area contributed by atoms with Crippen molar-refractivity contribution < 1.29 is 4.74 Å². The zero-order valence-corrected chi connectivity index (χ0v) is 11.4. The van der Waals surface area contributed by atoms with Gasteiger partial charge in [0.05, 0.1) is 24.8 Å². The van der Waals surface area contributed by atoms with Crippen LogP contribution in [0.2, 0.25) is 0 Å². The van der Waals surface area contributed by atoms with E-state index in [1.54, 1.807) is 6.07 Å². The quantitative estimate of drug-likeness (QED) is 0.854. The first-order chi connectivity index (χ1) is 8.78. The van der Waals surface area contributed by atoms with Crippen molar-refractivity contribution in [1.29, 1.82) is 5.26 Å². The van der Waals surface area contributed by atoms with Gasteiger partial charge >= 0.3 is 0 Å². The predicted molar refractivity (Wildman–Crippen MR) is 73.8 cm³/mol. The second-order valence-electron chi connectivity index (χ2n) is 3.93. The van der Waals surface area contributed by atoms with Crippen LogP contribution in [-0.4, -0.2) is 0 Å². The van der Waals surface area contributed by atoms with E-state index in [2.05, 4.69) is 22.0 Å². The maximum Gasteiger partial charge on any atom is 0.0991 e. The van der Waals surface area contributed by atoms with Crippen LogP contribution in [0.4, 0.5) is 0 Å². The summed E-state index contributed by atoms with van der Waals surface area (Å²) in [7, 11) is 0. The smallest absolute Gasteiger partial charge is 0.0991 e. The predicted octanol–water partition coefficient (Wildman–Crippen LogP) is 4.04. The molecule has 0 heterocycles. The lowest BCUT2D eigenvalue weighted by molar-refractivity contribution is 0.107. The molecule has 0 saturated carbocycles. The van der Waals surface area contributed by atoms with Gasteiger partial charge in [-0.25, -0.2) is 0 Å². The number of ether oxygens (including phenoxy) is 1. The molecule has 0 spiro atoms. The van der Waals surface area contributed by atoms with Gasteiger partial charge in [-0.1, -0.05) is 40.2 Å². The third-order valence-corrected chi connectivity index (χ3v) is 2.98. The molecular formula is C15H12BrNO. The zero-order valence-electron chi connectivity index (χ0n) is 9.77. The van der Waals surface area contributed by atoms with Gasteiger partial charge in [-0.15, -0.1) is 0 Å². The van der Waals surface area contributed by atoms with E-state index in [0.29, 0.717) is 18.8 Å². The summed E-state index contributed by atoms with van der Waals surface area (Å²) in [4.78, 5) is 0. The number of nitriles is 1. The van der Waals surface area contributed by atoms with Gasteiger partial charge < -0.3 is 4.74 Å². The van der Waals surface area contributed by atoms with Gasteiger partial charge in [0, 0.05) is 4.47 Å². The number of halogens is 1. The van der Waals surface area contributed by atoms with E-state index in [9.17, 15) is 0 Å². The molecule has 2 aromatic rings. The molecule has 0 saturated heterocycles. The lowest BCUT2D eigenvalue weighted by Gasteiger charge is -2.05. The first kappa shape index (κ1) is 12.8. The first-order valence-electron chi connectivity index (χ1n) is 5.59. The topological polar surface area (TPSA) is 33.0 Å². The number of benzene rings is 2. The highest BCUT2D eigenvalue weighted by atomic mass is 79.9. The zero-order chi connectivity index (χ0) is 12.8. The Morgan fingerprint density at radius 1 is 1.00 bits per heavy atom. The van der Waals surface area contributed by atoms with E-state index in [-0.39, 0.29) is 0 Å². The van der Waals surface area contributed by atoms with E-state index in [1.807, 2.05) is 42.5 Å². The van der Waals surface area contributed by atoms with Crippen LogP contribution in [-0.2, 0) is 18.0 Å². The van der Waals surface area contributed by atoms with Crippen molar-refractivity contribution in [3.8, 4) is 6.07 Å². The summed E-state index contributed by atoms with van der Waals surface area (Å²) in [5, 5.41) is 8.80. The van der Waals surface area contributed by atoms with Gasteiger partial charge in [0.1, 0.15) is 0 Å². The van der Waals surface area contributed by atoms with Crippen LogP contribution in [0.5, 0.6) is 0 Å². The van der Waals surface area contributed by atoms with Crippen molar-refractivity contribution >= 4 is 15.9 Å². The molecule has 0 unspecified atom stereocenters. The molecule has 0 atom stereocenters. The van der Waals surface area contributed by atoms with E-state index in [0.717, 1.165) is 15.6 Å². The minimum Gasteiger partial charge on any atom is -0.372 e. The lowest BCUT2D eigenvalue weighted by Crippen LogP contribution is -1.94. The van der Waals surface area contributed by atoms with Crippen molar-refractivity contribution in [2.45, 2.75) is 13.2 Å². The van der Waals surface area contributed by atoms with Crippen LogP contribution < -0.4 is 0 Å². The number of nitrogens with zero attached hydrogens (tertiary/aromatic N) is 1. The number of hydrogen-bond donors (Lipinski definition) is 0. The van der Waals surface area contributed by atoms with E-state index >= 15 is 0 Å². The summed E-state index contributed by atoms with van der Waals surface area (Å²) in [6.07, 6.45) is 0. The second-order valence-corrected chi connectivity index (χ2v) is 4.85. The van der Waals surface area contributed by atoms with Crippen LogP contribution in [0.25, 0.3) is 0 Å². The summed E-state index contributed by atoms with van der Waals surface area (Å²) in [5.41, 5.74) is 2.81. The van der Waals surface area contributed by atoms with Crippen LogP contribution >= 0.6 is 15.9 Å². The molecule has 3 heteroatoms. The van der Waals surface area contributed by atoms with Crippen molar-refractivity contribution in [2.24, 2.45) is 0 Å². The summed E-state index contributed by atoms with van der Waals surface area (Å²) < 4.78 is 6.68. The average molecular weight is 302 g/mol. The van der Waals surface area contributed by atoms with Crippen LogP contribution in [0.1, 0.15) is 16.7 Å². The van der Waals surface area contributed by atoms with Crippen LogP contribution in [0.15, 0.2) is 53.0 Å². The highest BCUT2D eigenvalue weighted by Crippen LogP contribution is 2.13. The molecule has 0 aliphatic rings. The van der Waals surface area contributed by atoms with Crippen LogP contribution in [0.3, 0.4) is 0 Å². The molecule has 18 heavy (non-hydrogen) atoms. The Hall–Kier alpha value is -1.63. The number of rotatable bonds is 4. The fourth-order valence-electron chi connectivity index (χ4n) is 1.64. The fourth-order valence-corrected chi connectivity index (χ4v) is 2.09. The molecular weight excluding hydrogens is 290 g/mol. The Kier molecular flexibility index (Phi) is 4.52. The Balaban J connectivity index is 1.90. The molecule has 0 aliphatic carbocycles. The molecule has 0 aromatic heterocycles. The summed E-state index contributed by atoms with van der Waals surface area (Å²) in [5.74, 6) is 0. The molecule has 0 N–H and O–H groups in total. The van der Waals surface area contributed by atoms with Crippen LogP contribution in [0, 0.1) is 11.3 Å². The van der Waals surface area contributed by atoms with E-state index < -0.39 is 0 Å². The monoisotopic (exact) mass is 301 g/mol. The SMILES string of the molecule is N#Cc1cccc(COCc2cccc(Br)c2)c1. The Labute approximate surface area is 115 Å². The van der Waals surface area contributed by atoms with Crippen molar-refractivity contribution in [1.82, 2.24) is 0 Å². The van der Waals surface area contributed by atoms with E-state index in [4.69, 9.17) is 10.00 Å². The molecule has 90 valence electrons. The maximum absolute atomic E-state index is 8.80. The Bertz CT molecular complexity index is 575. The Morgan fingerprint density at radius 3 is 2.33 bits per heavy atom. The highest BCUT2D eigenvalue weighted by molar-refractivity contribution is 9.10. The van der Waals surface area contributed by atoms with Crippen molar-refractivity contribution in [3.05, 3.63) is 69.7 Å². The number of hydrogen-bond acceptors (Lipinski definition) is 2. The molecule has 2 nitrogen and oxygen atoms in total. The lowest BCUT2D eigenvalue weighted by atomic mass is 10.1. The first-order valence-corrected chi connectivity index (χ1v) is 6.38. The molecule has 2 rings (SSSR count). The Morgan fingerprint density at radius 2 is 1.67 bits per heavy atom. The third kappa shape index (κ3) is 3.69. The molecule has 0 bridgehead atoms. The summed E-state index contributed by atoms with van der Waals surface area (Å²) >= 11 is 3.43. The average Bonchev–Trinajstić information content (AvgIpc) is 2.39. The molecule has 0 radical (unpaired) electrons. The second kappa shape index (κ2) is 6.34. The third-order valence-electron chi connectivity index (χ3n) is 2.48. The summed E-state index contributed by atoms with van der Waals surface area (Å²) in [6.45, 7) is 1.08. The fraction of sp³-hybridized carbons (Fsp3) is 0.133. The molecule has 2 aromatic carbocycles. The van der Waals surface area contributed by atoms with Gasteiger partial charge in [0.15, 0.2) is 0 Å². The standard InChI is InChI=1S/C15H12BrNO/c16-15-6-2-5-14(8-15)11-18-10-13-4-1-3-12(7-13)9-17/h1-8H,10-11H2. The van der Waals surface area contributed by atoms with Gasteiger partial charge in [-0.3, -0.25) is 0 Å². The van der Waals surface area contributed by atoms with Gasteiger partial charge in [0.25, 0.3) is 0 Å². The summed E-state index contributed by atoms with van der Waals surface area (Å²) in [6, 6.07) is 17.6. The normalized spacial score (nSPS) is 10.0. The minimum atomic E-state index is 0.516. The minimum absolute atomic E-state index is 0.516. The largest absolute Gasteiger partial charge is 0.372 e. The molecule has 0 amide bonds. The van der Waals surface area contributed by atoms with Gasteiger partial charge in [0.2, 0.25) is 0 Å². The van der Waals surface area contributed by atoms with E-state index in [1.165, 1.54) is 0 Å². The van der Waals surface area contributed by atoms with Crippen molar-refractivity contribution in [2.75, 3.05) is 0 Å². The molecule has 0 aliphatic heterocycles. The van der Waals surface area contributed by atoms with Crippen molar-refractivity contribution in [3.63, 3.8) is 0 Å². The molecule has 0 fully saturated rings. The van der Waals surface area contributed by atoms with Gasteiger partial charge in [-0.2, -0.15) is 5.26 Å². The highest BCUT2D eigenvalue weighted by Gasteiger charge is 1.97.